The Bertz CT molecular complexity index is 4410. The highest BCUT2D eigenvalue weighted by Crippen LogP contribution is 2.42. The highest BCUT2D eigenvalue weighted by molar-refractivity contribution is 6.22. The van der Waals surface area contributed by atoms with Gasteiger partial charge >= 0.3 is 0 Å². The normalized spacial score (nSPS) is 12.1. The SMILES string of the molecule is O=c1c2cc(-c3ccc4c5c3cccc5c(=O)n3c5cc(-c6ccccc6)cc(-c6ccccc6)c5nc43)cc3cccc(c32)c2nc3c(-c4ccccc4)cc(-c4ccccc4)cc3n12. The lowest BCUT2D eigenvalue weighted by molar-refractivity contribution is 1.19. The summed E-state index contributed by atoms with van der Waals surface area (Å²) < 4.78 is 3.60. The molecule has 4 heterocycles. The van der Waals surface area contributed by atoms with E-state index in [1.165, 1.54) is 0 Å². The standard InChI is InChI=1S/C60H34N4O2/c65-59-47-26-14-24-44-43(27-28-46(54(44)47)58-62-55-48(37-19-9-3-10-20-37)30-40(33-51(55)63(58)59)35-15-5-1-6-16-35)42-29-39-23-13-25-45-53(39)50(32-42)60(66)64-52-34-41(36-17-7-2-8-18-36)31-49(56(52)61-57(45)64)38-21-11-4-12-22-38/h1-34H. The highest BCUT2D eigenvalue weighted by atomic mass is 16.1. The van der Waals surface area contributed by atoms with Crippen molar-refractivity contribution in [2.45, 2.75) is 0 Å². The van der Waals surface area contributed by atoms with Gasteiger partial charge in [0.1, 0.15) is 11.3 Å². The van der Waals surface area contributed by atoms with Crippen molar-refractivity contribution >= 4 is 76.5 Å². The fourth-order valence-electron chi connectivity index (χ4n) is 10.6. The molecule has 0 saturated carbocycles. The third-order valence-corrected chi connectivity index (χ3v) is 13.6. The first-order valence-electron chi connectivity index (χ1n) is 22.1. The van der Waals surface area contributed by atoms with E-state index in [2.05, 4.69) is 109 Å². The number of pyridine rings is 2. The number of hydrogen-bond acceptors (Lipinski definition) is 4. The second-order valence-corrected chi connectivity index (χ2v) is 17.2. The van der Waals surface area contributed by atoms with Gasteiger partial charge in [-0.05, 0) is 104 Å². The molecule has 4 aromatic heterocycles. The van der Waals surface area contributed by atoms with Gasteiger partial charge in [0.05, 0.1) is 22.1 Å². The van der Waals surface area contributed by atoms with Crippen molar-refractivity contribution in [1.29, 1.82) is 0 Å². The molecule has 6 nitrogen and oxygen atoms in total. The Morgan fingerprint density at radius 2 is 0.773 bits per heavy atom. The van der Waals surface area contributed by atoms with Gasteiger partial charge in [0.25, 0.3) is 11.1 Å². The Balaban J connectivity index is 1.03. The fraction of sp³-hybridized carbons (Fsp3) is 0. The minimum atomic E-state index is -0.127. The molecule has 10 aromatic carbocycles. The first kappa shape index (κ1) is 36.5. The van der Waals surface area contributed by atoms with Crippen LogP contribution in [0.5, 0.6) is 0 Å². The van der Waals surface area contributed by atoms with Gasteiger partial charge in [-0.2, -0.15) is 0 Å². The van der Waals surface area contributed by atoms with Crippen LogP contribution in [-0.4, -0.2) is 18.8 Å². The van der Waals surface area contributed by atoms with Gasteiger partial charge in [0.15, 0.2) is 0 Å². The van der Waals surface area contributed by atoms with Crippen molar-refractivity contribution in [3.63, 3.8) is 0 Å². The minimum absolute atomic E-state index is 0.121. The number of benzene rings is 10. The molecule has 0 unspecified atom stereocenters. The molecule has 14 aromatic rings. The summed E-state index contributed by atoms with van der Waals surface area (Å²) in [7, 11) is 0. The second-order valence-electron chi connectivity index (χ2n) is 17.2. The summed E-state index contributed by atoms with van der Waals surface area (Å²) in [5.41, 5.74) is 14.1. The van der Waals surface area contributed by atoms with Crippen molar-refractivity contribution in [2.24, 2.45) is 0 Å². The van der Waals surface area contributed by atoms with Crippen molar-refractivity contribution in [2.75, 3.05) is 0 Å². The van der Waals surface area contributed by atoms with Gasteiger partial charge in [-0.15, -0.1) is 0 Å². The number of rotatable bonds is 5. The van der Waals surface area contributed by atoms with Crippen LogP contribution in [0.4, 0.5) is 0 Å². The zero-order chi connectivity index (χ0) is 43.6. The molecule has 0 aliphatic heterocycles. The quantitative estimate of drug-likeness (QED) is 0.173. The average Bonchev–Trinajstić information content (AvgIpc) is 3.97. The van der Waals surface area contributed by atoms with Gasteiger partial charge in [0.2, 0.25) is 0 Å². The summed E-state index contributed by atoms with van der Waals surface area (Å²) in [6.07, 6.45) is 0. The fourth-order valence-corrected chi connectivity index (χ4v) is 10.6. The van der Waals surface area contributed by atoms with E-state index in [-0.39, 0.29) is 11.1 Å². The van der Waals surface area contributed by atoms with Crippen LogP contribution in [0.1, 0.15) is 0 Å². The van der Waals surface area contributed by atoms with Crippen LogP contribution in [0.25, 0.3) is 132 Å². The molecule has 0 bridgehead atoms. The summed E-state index contributed by atoms with van der Waals surface area (Å²) in [4.78, 5) is 40.8. The number of fused-ring (bicyclic) bond motifs is 8. The zero-order valence-electron chi connectivity index (χ0n) is 35.2. The molecule has 14 rings (SSSR count). The highest BCUT2D eigenvalue weighted by Gasteiger charge is 2.24. The largest absolute Gasteiger partial charge is 0.268 e. The Hall–Kier alpha value is -9.00. The number of hydrogen-bond donors (Lipinski definition) is 0. The molecule has 0 fully saturated rings. The Morgan fingerprint density at radius 1 is 0.303 bits per heavy atom. The Labute approximate surface area is 376 Å². The molecule has 306 valence electrons. The van der Waals surface area contributed by atoms with E-state index in [1.807, 2.05) is 101 Å². The Morgan fingerprint density at radius 3 is 1.33 bits per heavy atom. The third kappa shape index (κ3) is 5.18. The van der Waals surface area contributed by atoms with Crippen LogP contribution in [-0.2, 0) is 0 Å². The smallest absolute Gasteiger partial charge is 0.264 e. The van der Waals surface area contributed by atoms with Crippen LogP contribution < -0.4 is 11.1 Å². The van der Waals surface area contributed by atoms with Crippen LogP contribution in [0.3, 0.4) is 0 Å². The summed E-state index contributed by atoms with van der Waals surface area (Å²) in [5, 5.41) is 6.62. The van der Waals surface area contributed by atoms with Crippen LogP contribution in [0, 0.1) is 0 Å². The number of nitrogens with zero attached hydrogens (tertiary/aromatic N) is 4. The predicted molar refractivity (Wildman–Crippen MR) is 271 cm³/mol. The van der Waals surface area contributed by atoms with Gasteiger partial charge < -0.3 is 0 Å². The van der Waals surface area contributed by atoms with E-state index < -0.39 is 0 Å². The minimum Gasteiger partial charge on any atom is -0.268 e. The van der Waals surface area contributed by atoms with Crippen molar-refractivity contribution in [1.82, 2.24) is 18.8 Å². The van der Waals surface area contributed by atoms with Gasteiger partial charge in [-0.25, -0.2) is 9.97 Å². The zero-order valence-corrected chi connectivity index (χ0v) is 35.2. The maximum atomic E-state index is 15.3. The van der Waals surface area contributed by atoms with E-state index in [4.69, 9.17) is 9.97 Å². The number of imidazole rings is 2. The van der Waals surface area contributed by atoms with E-state index in [0.717, 1.165) is 110 Å². The lowest BCUT2D eigenvalue weighted by Gasteiger charge is -2.14. The summed E-state index contributed by atoms with van der Waals surface area (Å²) >= 11 is 0. The van der Waals surface area contributed by atoms with E-state index >= 15 is 4.79 Å². The lowest BCUT2D eigenvalue weighted by atomic mass is 9.91. The Kier molecular flexibility index (Phi) is 7.60. The first-order valence-corrected chi connectivity index (χ1v) is 22.1. The molecule has 0 N–H and O–H groups in total. The maximum Gasteiger partial charge on any atom is 0.264 e. The van der Waals surface area contributed by atoms with Crippen LogP contribution >= 0.6 is 0 Å². The first-order chi connectivity index (χ1) is 32.6. The van der Waals surface area contributed by atoms with E-state index in [1.54, 1.807) is 4.40 Å². The third-order valence-electron chi connectivity index (χ3n) is 13.6. The molecular formula is C60H34N4O2. The van der Waals surface area contributed by atoms with Gasteiger partial charge in [-0.3, -0.25) is 18.4 Å². The topological polar surface area (TPSA) is 68.7 Å². The molecule has 0 aliphatic rings. The van der Waals surface area contributed by atoms with Gasteiger partial charge in [0, 0.05) is 43.4 Å². The molecule has 0 amide bonds. The lowest BCUT2D eigenvalue weighted by Crippen LogP contribution is -2.14. The van der Waals surface area contributed by atoms with E-state index in [9.17, 15) is 4.79 Å². The second kappa shape index (κ2) is 13.7. The predicted octanol–water partition coefficient (Wildman–Crippen LogP) is 13.8. The molecule has 6 heteroatoms. The van der Waals surface area contributed by atoms with E-state index in [0.29, 0.717) is 22.1 Å². The molecule has 66 heavy (non-hydrogen) atoms. The molecule has 0 atom stereocenters. The van der Waals surface area contributed by atoms with Gasteiger partial charge in [-0.1, -0.05) is 158 Å². The van der Waals surface area contributed by atoms with Crippen molar-refractivity contribution in [3.05, 3.63) is 227 Å². The molecule has 0 spiro atoms. The molecular weight excluding hydrogens is 809 g/mol. The summed E-state index contributed by atoms with van der Waals surface area (Å²) in [6.45, 7) is 0. The molecule has 0 aliphatic carbocycles. The maximum absolute atomic E-state index is 15.3. The van der Waals surface area contributed by atoms with Crippen molar-refractivity contribution in [3.8, 4) is 55.6 Å². The molecule has 0 radical (unpaired) electrons. The monoisotopic (exact) mass is 842 g/mol. The summed E-state index contributed by atoms with van der Waals surface area (Å²) in [6, 6.07) is 70.2. The van der Waals surface area contributed by atoms with Crippen molar-refractivity contribution < 1.29 is 0 Å². The average molecular weight is 843 g/mol. The summed E-state index contributed by atoms with van der Waals surface area (Å²) in [5.74, 6) is 0. The number of aromatic nitrogens is 4. The van der Waals surface area contributed by atoms with Crippen LogP contribution in [0.15, 0.2) is 216 Å². The van der Waals surface area contributed by atoms with Crippen LogP contribution in [0.2, 0.25) is 0 Å². The molecule has 0 saturated heterocycles.